The second-order valence-electron chi connectivity index (χ2n) is 6.12. The summed E-state index contributed by atoms with van der Waals surface area (Å²) in [5.74, 6) is 0. The Labute approximate surface area is 128 Å². The van der Waals surface area contributed by atoms with Gasteiger partial charge in [-0.1, -0.05) is 20.3 Å². The van der Waals surface area contributed by atoms with Gasteiger partial charge in [-0.05, 0) is 38.1 Å². The van der Waals surface area contributed by atoms with Crippen LogP contribution in [0.4, 0.5) is 0 Å². The topological polar surface area (TPSA) is 37.3 Å². The molecule has 0 atom stereocenters. The molecule has 4 nitrogen and oxygen atoms in total. The summed E-state index contributed by atoms with van der Waals surface area (Å²) >= 11 is 0. The molecule has 1 aliphatic heterocycles. The van der Waals surface area contributed by atoms with E-state index in [1.54, 1.807) is 0 Å². The van der Waals surface area contributed by atoms with E-state index in [0.717, 1.165) is 51.0 Å². The molecule has 0 saturated heterocycles. The highest BCUT2D eigenvalue weighted by Crippen LogP contribution is 2.18. The van der Waals surface area contributed by atoms with E-state index < -0.39 is 0 Å². The van der Waals surface area contributed by atoms with Gasteiger partial charge in [-0.15, -0.1) is 0 Å². The summed E-state index contributed by atoms with van der Waals surface area (Å²) in [4.78, 5) is 15.0. The summed E-state index contributed by atoms with van der Waals surface area (Å²) in [5, 5.41) is 3.40. The average Bonchev–Trinajstić information content (AvgIpc) is 2.47. The first kappa shape index (κ1) is 16.2. The van der Waals surface area contributed by atoms with Gasteiger partial charge in [0.05, 0.1) is 0 Å². The van der Waals surface area contributed by atoms with Crippen molar-refractivity contribution in [1.82, 2.24) is 14.8 Å². The lowest BCUT2D eigenvalue weighted by atomic mass is 10.0. The maximum atomic E-state index is 12.7. The normalized spacial score (nSPS) is 15.2. The summed E-state index contributed by atoms with van der Waals surface area (Å²) in [6.45, 7) is 8.85. The van der Waals surface area contributed by atoms with Crippen LogP contribution in [0, 0.1) is 0 Å². The van der Waals surface area contributed by atoms with E-state index in [4.69, 9.17) is 0 Å². The van der Waals surface area contributed by atoms with Crippen molar-refractivity contribution in [3.05, 3.63) is 33.2 Å². The molecule has 0 saturated carbocycles. The van der Waals surface area contributed by atoms with Crippen LogP contribution >= 0.6 is 0 Å². The van der Waals surface area contributed by atoms with Crippen LogP contribution in [0.2, 0.25) is 0 Å². The van der Waals surface area contributed by atoms with E-state index in [1.165, 1.54) is 17.7 Å². The first-order valence-corrected chi connectivity index (χ1v) is 8.31. The first-order valence-electron chi connectivity index (χ1n) is 8.31. The number of likely N-dealkylation sites (N-methyl/N-ethyl adjacent to an activating group) is 1. The van der Waals surface area contributed by atoms with Crippen LogP contribution < -0.4 is 10.9 Å². The Hall–Kier alpha value is -1.13. The number of hydrogen-bond donors (Lipinski definition) is 1. The third kappa shape index (κ3) is 3.95. The molecule has 0 unspecified atom stereocenters. The number of hydrogen-bond acceptors (Lipinski definition) is 3. The molecule has 118 valence electrons. The minimum Gasteiger partial charge on any atom is -0.312 e. The van der Waals surface area contributed by atoms with Crippen LogP contribution in [0.1, 0.15) is 49.9 Å². The smallest absolute Gasteiger partial charge is 0.255 e. The second-order valence-corrected chi connectivity index (χ2v) is 6.12. The zero-order chi connectivity index (χ0) is 15.2. The molecule has 1 aromatic heterocycles. The summed E-state index contributed by atoms with van der Waals surface area (Å²) in [5.41, 5.74) is 3.74. The Balaban J connectivity index is 2.26. The molecular formula is C17H29N3O. The van der Waals surface area contributed by atoms with E-state index >= 15 is 0 Å². The van der Waals surface area contributed by atoms with Crippen molar-refractivity contribution in [2.75, 3.05) is 20.1 Å². The SMILES string of the molecule is CCCCNCc1cc2c(n(CCC)c1=O)CCN(C)C2. The van der Waals surface area contributed by atoms with Crippen molar-refractivity contribution >= 4 is 0 Å². The highest BCUT2D eigenvalue weighted by Gasteiger charge is 2.19. The fourth-order valence-corrected chi connectivity index (χ4v) is 3.04. The molecule has 0 aromatic carbocycles. The lowest BCUT2D eigenvalue weighted by Crippen LogP contribution is -2.36. The third-order valence-corrected chi connectivity index (χ3v) is 4.21. The predicted octanol–water partition coefficient (Wildman–Crippen LogP) is 2.14. The van der Waals surface area contributed by atoms with Crippen molar-refractivity contribution in [1.29, 1.82) is 0 Å². The monoisotopic (exact) mass is 291 g/mol. The standard InChI is InChI=1S/C17H29N3O/c1-4-6-8-18-12-14-11-15-13-19(3)10-7-16(15)20(9-5-2)17(14)21/h11,18H,4-10,12-13H2,1-3H3. The number of pyridine rings is 1. The fraction of sp³-hybridized carbons (Fsp3) is 0.706. The first-order chi connectivity index (χ1) is 10.2. The van der Waals surface area contributed by atoms with E-state index in [1.807, 2.05) is 4.57 Å². The van der Waals surface area contributed by atoms with Gasteiger partial charge in [-0.25, -0.2) is 0 Å². The molecule has 21 heavy (non-hydrogen) atoms. The Morgan fingerprint density at radius 2 is 2.10 bits per heavy atom. The van der Waals surface area contributed by atoms with Gasteiger partial charge < -0.3 is 14.8 Å². The molecule has 1 N–H and O–H groups in total. The van der Waals surface area contributed by atoms with Crippen molar-refractivity contribution in [3.8, 4) is 0 Å². The van der Waals surface area contributed by atoms with Gasteiger partial charge in [-0.2, -0.15) is 0 Å². The number of unbranched alkanes of at least 4 members (excludes halogenated alkanes) is 1. The van der Waals surface area contributed by atoms with Gasteiger partial charge in [0.25, 0.3) is 5.56 Å². The molecule has 2 rings (SSSR count). The van der Waals surface area contributed by atoms with E-state index in [2.05, 4.69) is 37.2 Å². The predicted molar refractivity (Wildman–Crippen MR) is 87.6 cm³/mol. The minimum atomic E-state index is 0.212. The summed E-state index contributed by atoms with van der Waals surface area (Å²) in [6, 6.07) is 2.14. The van der Waals surface area contributed by atoms with Gasteiger partial charge in [0.1, 0.15) is 0 Å². The summed E-state index contributed by atoms with van der Waals surface area (Å²) in [7, 11) is 2.15. The fourth-order valence-electron chi connectivity index (χ4n) is 3.04. The number of rotatable bonds is 7. The number of nitrogens with zero attached hydrogens (tertiary/aromatic N) is 2. The highest BCUT2D eigenvalue weighted by atomic mass is 16.1. The number of aromatic nitrogens is 1. The van der Waals surface area contributed by atoms with Gasteiger partial charge in [-0.3, -0.25) is 4.79 Å². The Morgan fingerprint density at radius 3 is 2.81 bits per heavy atom. The maximum Gasteiger partial charge on any atom is 0.255 e. The minimum absolute atomic E-state index is 0.212. The molecular weight excluding hydrogens is 262 g/mol. The highest BCUT2D eigenvalue weighted by molar-refractivity contribution is 5.29. The second kappa shape index (κ2) is 7.76. The van der Waals surface area contributed by atoms with Crippen LogP contribution in [0.5, 0.6) is 0 Å². The maximum absolute atomic E-state index is 12.7. The van der Waals surface area contributed by atoms with E-state index in [0.29, 0.717) is 6.54 Å². The van der Waals surface area contributed by atoms with Gasteiger partial charge >= 0.3 is 0 Å². The lowest BCUT2D eigenvalue weighted by molar-refractivity contribution is 0.303. The summed E-state index contributed by atoms with van der Waals surface area (Å²) < 4.78 is 2.03. The van der Waals surface area contributed by atoms with Crippen LogP contribution in [-0.2, 0) is 26.1 Å². The van der Waals surface area contributed by atoms with Crippen LogP contribution in [0.3, 0.4) is 0 Å². The quantitative estimate of drug-likeness (QED) is 0.782. The average molecular weight is 291 g/mol. The lowest BCUT2D eigenvalue weighted by Gasteiger charge is -2.28. The Kier molecular flexibility index (Phi) is 6.00. The molecule has 1 aliphatic rings. The molecule has 1 aromatic rings. The molecule has 4 heteroatoms. The number of fused-ring (bicyclic) bond motifs is 1. The molecule has 0 radical (unpaired) electrons. The van der Waals surface area contributed by atoms with Crippen molar-refractivity contribution < 1.29 is 0 Å². The van der Waals surface area contributed by atoms with Crippen molar-refractivity contribution in [2.24, 2.45) is 0 Å². The van der Waals surface area contributed by atoms with Crippen LogP contribution in [0.15, 0.2) is 10.9 Å². The molecule has 0 aliphatic carbocycles. The molecule has 2 heterocycles. The van der Waals surface area contributed by atoms with Crippen LogP contribution in [0.25, 0.3) is 0 Å². The Morgan fingerprint density at radius 1 is 1.29 bits per heavy atom. The third-order valence-electron chi connectivity index (χ3n) is 4.21. The van der Waals surface area contributed by atoms with Gasteiger partial charge in [0.15, 0.2) is 0 Å². The zero-order valence-electron chi connectivity index (χ0n) is 13.7. The van der Waals surface area contributed by atoms with Gasteiger partial charge in [0, 0.05) is 43.9 Å². The van der Waals surface area contributed by atoms with E-state index in [9.17, 15) is 4.79 Å². The van der Waals surface area contributed by atoms with E-state index in [-0.39, 0.29) is 5.56 Å². The Bertz CT molecular complexity index is 522. The zero-order valence-corrected chi connectivity index (χ0v) is 13.7. The molecule has 0 spiro atoms. The molecule has 0 amide bonds. The molecule has 0 bridgehead atoms. The molecule has 0 fully saturated rings. The summed E-state index contributed by atoms with van der Waals surface area (Å²) in [6.07, 6.45) is 4.35. The van der Waals surface area contributed by atoms with Crippen molar-refractivity contribution in [2.45, 2.75) is 59.2 Å². The number of nitrogens with one attached hydrogen (secondary N) is 1. The van der Waals surface area contributed by atoms with Gasteiger partial charge in [0.2, 0.25) is 0 Å². The van der Waals surface area contributed by atoms with Crippen molar-refractivity contribution in [3.63, 3.8) is 0 Å². The van der Waals surface area contributed by atoms with Crippen LogP contribution in [-0.4, -0.2) is 29.6 Å². The largest absolute Gasteiger partial charge is 0.312 e.